The van der Waals surface area contributed by atoms with Gasteiger partial charge in [0.1, 0.15) is 0 Å². The third-order valence-electron chi connectivity index (χ3n) is 5.19. The van der Waals surface area contributed by atoms with E-state index in [0.29, 0.717) is 36.9 Å². The average Bonchev–Trinajstić information content (AvgIpc) is 3.21. The molecular weight excluding hydrogens is 374 g/mol. The highest BCUT2D eigenvalue weighted by Gasteiger charge is 2.27. The quantitative estimate of drug-likeness (QED) is 0.678. The summed E-state index contributed by atoms with van der Waals surface area (Å²) in [6.45, 7) is 4.59. The van der Waals surface area contributed by atoms with Crippen LogP contribution in [0.2, 0.25) is 0 Å². The van der Waals surface area contributed by atoms with E-state index < -0.39 is 0 Å². The molecule has 0 bridgehead atoms. The third-order valence-corrected chi connectivity index (χ3v) is 5.19. The fourth-order valence-corrected chi connectivity index (χ4v) is 3.80. The first kappa shape index (κ1) is 21.0. The Labute approximate surface area is 171 Å². The number of esters is 1. The van der Waals surface area contributed by atoms with Gasteiger partial charge in [0.25, 0.3) is 0 Å². The molecule has 0 unspecified atom stereocenters. The van der Waals surface area contributed by atoms with Gasteiger partial charge in [-0.25, -0.2) is 0 Å². The van der Waals surface area contributed by atoms with E-state index in [1.165, 1.54) is 0 Å². The van der Waals surface area contributed by atoms with E-state index >= 15 is 0 Å². The number of nitrogens with one attached hydrogen (secondary N) is 1. The van der Waals surface area contributed by atoms with E-state index in [1.807, 2.05) is 25.3 Å². The molecule has 1 saturated heterocycles. The molecule has 0 aliphatic carbocycles. The minimum Gasteiger partial charge on any atom is -0.493 e. The van der Waals surface area contributed by atoms with Gasteiger partial charge in [-0.2, -0.15) is 5.10 Å². The summed E-state index contributed by atoms with van der Waals surface area (Å²) in [5.41, 5.74) is 2.83. The van der Waals surface area contributed by atoms with Crippen LogP contribution in [0.15, 0.2) is 18.3 Å². The molecule has 0 spiro atoms. The van der Waals surface area contributed by atoms with E-state index in [0.717, 1.165) is 36.2 Å². The van der Waals surface area contributed by atoms with Crippen molar-refractivity contribution in [1.29, 1.82) is 0 Å². The van der Waals surface area contributed by atoms with Gasteiger partial charge in [-0.3, -0.25) is 14.8 Å². The number of piperidine rings is 1. The Morgan fingerprint density at radius 1 is 1.21 bits per heavy atom. The Morgan fingerprint density at radius 3 is 2.55 bits per heavy atom. The third kappa shape index (κ3) is 4.64. The van der Waals surface area contributed by atoms with Gasteiger partial charge in [-0.05, 0) is 38.4 Å². The molecule has 8 nitrogen and oxygen atoms in total. The van der Waals surface area contributed by atoms with Gasteiger partial charge in [-0.15, -0.1) is 0 Å². The maximum atomic E-state index is 12.1. The van der Waals surface area contributed by atoms with Crippen LogP contribution in [0, 0.1) is 5.92 Å². The SMILES string of the molecule is CCOC(=O)[C@@H]1CCCN(Cc2cn[nH]c2-c2cc(OC)c(OC)c(OC)c2)C1. The number of rotatable bonds is 8. The Kier molecular flexibility index (Phi) is 6.98. The van der Waals surface area contributed by atoms with Crippen LogP contribution in [0.4, 0.5) is 0 Å². The van der Waals surface area contributed by atoms with Gasteiger partial charge >= 0.3 is 5.97 Å². The number of hydrogen-bond acceptors (Lipinski definition) is 7. The van der Waals surface area contributed by atoms with E-state index in [1.54, 1.807) is 21.3 Å². The van der Waals surface area contributed by atoms with E-state index in [4.69, 9.17) is 18.9 Å². The number of likely N-dealkylation sites (tertiary alicyclic amines) is 1. The van der Waals surface area contributed by atoms with Crippen molar-refractivity contribution in [2.45, 2.75) is 26.3 Å². The van der Waals surface area contributed by atoms with Crippen molar-refractivity contribution in [2.24, 2.45) is 5.92 Å². The summed E-state index contributed by atoms with van der Waals surface area (Å²) in [5, 5.41) is 7.33. The number of H-pyrrole nitrogens is 1. The maximum absolute atomic E-state index is 12.1. The lowest BCUT2D eigenvalue weighted by molar-refractivity contribution is -0.150. The standard InChI is InChI=1S/C21H29N3O5/c1-5-29-21(25)14-7-6-8-24(12-14)13-16-11-22-23-19(16)15-9-17(26-2)20(28-4)18(10-15)27-3/h9-11,14H,5-8,12-13H2,1-4H3,(H,22,23)/t14-/m1/s1. The first-order valence-corrected chi connectivity index (χ1v) is 9.82. The number of benzene rings is 1. The summed E-state index contributed by atoms with van der Waals surface area (Å²) < 4.78 is 21.6. The summed E-state index contributed by atoms with van der Waals surface area (Å²) in [4.78, 5) is 14.4. The number of methoxy groups -OCH3 is 3. The number of aromatic amines is 1. The highest BCUT2D eigenvalue weighted by molar-refractivity contribution is 5.73. The van der Waals surface area contributed by atoms with Crippen LogP contribution in [0.1, 0.15) is 25.3 Å². The zero-order valence-corrected chi connectivity index (χ0v) is 17.5. The van der Waals surface area contributed by atoms with Crippen molar-refractivity contribution < 1.29 is 23.7 Å². The number of ether oxygens (including phenoxy) is 4. The van der Waals surface area contributed by atoms with E-state index in [2.05, 4.69) is 15.1 Å². The van der Waals surface area contributed by atoms with Crippen LogP contribution in [0.25, 0.3) is 11.3 Å². The average molecular weight is 403 g/mol. The lowest BCUT2D eigenvalue weighted by Crippen LogP contribution is -2.38. The Balaban J connectivity index is 1.82. The Morgan fingerprint density at radius 2 is 1.93 bits per heavy atom. The van der Waals surface area contributed by atoms with Gasteiger partial charge in [0.05, 0.1) is 45.7 Å². The second-order valence-electron chi connectivity index (χ2n) is 7.01. The lowest BCUT2D eigenvalue weighted by Gasteiger charge is -2.31. The fraction of sp³-hybridized carbons (Fsp3) is 0.524. The van der Waals surface area contributed by atoms with Crippen molar-refractivity contribution in [3.8, 4) is 28.5 Å². The Bertz CT molecular complexity index is 810. The predicted molar refractivity (Wildman–Crippen MR) is 108 cm³/mol. The zero-order chi connectivity index (χ0) is 20.8. The molecule has 1 aromatic carbocycles. The van der Waals surface area contributed by atoms with Crippen molar-refractivity contribution >= 4 is 5.97 Å². The van der Waals surface area contributed by atoms with Gasteiger partial charge < -0.3 is 18.9 Å². The minimum absolute atomic E-state index is 0.0692. The molecule has 0 radical (unpaired) electrons. The molecule has 1 aliphatic rings. The monoisotopic (exact) mass is 403 g/mol. The molecule has 29 heavy (non-hydrogen) atoms. The predicted octanol–water partition coefficient (Wildman–Crippen LogP) is 2.88. The molecule has 2 aromatic rings. The molecule has 1 aromatic heterocycles. The number of carbonyl (C=O) groups is 1. The smallest absolute Gasteiger partial charge is 0.310 e. The van der Waals surface area contributed by atoms with Crippen LogP contribution in [0.3, 0.4) is 0 Å². The van der Waals surface area contributed by atoms with Gasteiger partial charge in [0, 0.05) is 24.2 Å². The highest BCUT2D eigenvalue weighted by Crippen LogP contribution is 2.41. The van der Waals surface area contributed by atoms with Crippen molar-refractivity contribution in [2.75, 3.05) is 41.0 Å². The van der Waals surface area contributed by atoms with Gasteiger partial charge in [0.2, 0.25) is 5.75 Å². The van der Waals surface area contributed by atoms with Crippen LogP contribution in [0.5, 0.6) is 17.2 Å². The van der Waals surface area contributed by atoms with Crippen LogP contribution in [-0.4, -0.2) is 62.1 Å². The zero-order valence-electron chi connectivity index (χ0n) is 17.5. The number of aromatic nitrogens is 2. The lowest BCUT2D eigenvalue weighted by atomic mass is 9.97. The fourth-order valence-electron chi connectivity index (χ4n) is 3.80. The molecule has 3 rings (SSSR count). The first-order valence-electron chi connectivity index (χ1n) is 9.82. The van der Waals surface area contributed by atoms with Crippen molar-refractivity contribution in [1.82, 2.24) is 15.1 Å². The summed E-state index contributed by atoms with van der Waals surface area (Å²) in [5.74, 6) is 1.55. The molecule has 2 heterocycles. The molecule has 158 valence electrons. The normalized spacial score (nSPS) is 17.0. The molecule has 0 saturated carbocycles. The molecule has 8 heteroatoms. The molecule has 1 aliphatic heterocycles. The van der Waals surface area contributed by atoms with E-state index in [9.17, 15) is 4.79 Å². The summed E-state index contributed by atoms with van der Waals surface area (Å²) >= 11 is 0. The maximum Gasteiger partial charge on any atom is 0.310 e. The number of hydrogen-bond donors (Lipinski definition) is 1. The van der Waals surface area contributed by atoms with Crippen LogP contribution < -0.4 is 14.2 Å². The molecule has 1 N–H and O–H groups in total. The molecule has 0 amide bonds. The van der Waals surface area contributed by atoms with Crippen LogP contribution in [-0.2, 0) is 16.1 Å². The first-order chi connectivity index (χ1) is 14.1. The molecule has 1 atom stereocenters. The van der Waals surface area contributed by atoms with Gasteiger partial charge in [-0.1, -0.05) is 0 Å². The minimum atomic E-state index is -0.103. The number of nitrogens with zero attached hydrogens (tertiary/aromatic N) is 2. The van der Waals surface area contributed by atoms with Crippen molar-refractivity contribution in [3.05, 3.63) is 23.9 Å². The molecular formula is C21H29N3O5. The number of carbonyl (C=O) groups excluding carboxylic acids is 1. The highest BCUT2D eigenvalue weighted by atomic mass is 16.5. The molecule has 1 fully saturated rings. The van der Waals surface area contributed by atoms with E-state index in [-0.39, 0.29) is 11.9 Å². The Hall–Kier alpha value is -2.74. The van der Waals surface area contributed by atoms with Crippen LogP contribution >= 0.6 is 0 Å². The topological polar surface area (TPSA) is 85.9 Å². The summed E-state index contributed by atoms with van der Waals surface area (Å²) in [6.07, 6.45) is 3.67. The summed E-state index contributed by atoms with van der Waals surface area (Å²) in [7, 11) is 4.77. The second-order valence-corrected chi connectivity index (χ2v) is 7.01. The van der Waals surface area contributed by atoms with Gasteiger partial charge in [0.15, 0.2) is 11.5 Å². The van der Waals surface area contributed by atoms with Crippen molar-refractivity contribution in [3.63, 3.8) is 0 Å². The largest absolute Gasteiger partial charge is 0.493 e. The summed E-state index contributed by atoms with van der Waals surface area (Å²) in [6, 6.07) is 3.80. The second kappa shape index (κ2) is 9.65.